The Morgan fingerprint density at radius 3 is 2.65 bits per heavy atom. The first-order valence-corrected chi connectivity index (χ1v) is 6.08. The molecular formula is C15H15NO4. The third-order valence-corrected chi connectivity index (χ3v) is 3.01. The van der Waals surface area contributed by atoms with Crippen molar-refractivity contribution in [3.63, 3.8) is 0 Å². The zero-order valence-electron chi connectivity index (χ0n) is 11.3. The molecule has 0 unspecified atom stereocenters. The Labute approximate surface area is 116 Å². The molecule has 2 aromatic rings. The molecule has 0 saturated heterocycles. The molecule has 1 aromatic heterocycles. The second-order valence-electron chi connectivity index (χ2n) is 4.45. The van der Waals surface area contributed by atoms with Gasteiger partial charge in [0.25, 0.3) is 0 Å². The number of hydrogen-bond donors (Lipinski definition) is 1. The Balaban J connectivity index is 2.36. The van der Waals surface area contributed by atoms with Crippen LogP contribution in [0.15, 0.2) is 36.5 Å². The summed E-state index contributed by atoms with van der Waals surface area (Å²) in [6, 6.07) is 8.76. The fourth-order valence-corrected chi connectivity index (χ4v) is 1.98. The van der Waals surface area contributed by atoms with Crippen molar-refractivity contribution >= 4 is 11.8 Å². The molecule has 5 heteroatoms. The molecule has 0 radical (unpaired) electrons. The number of carbonyl (C=O) groups excluding carboxylic acids is 1. The number of carboxylic acids is 1. The van der Waals surface area contributed by atoms with Gasteiger partial charge in [-0.15, -0.1) is 0 Å². The molecule has 0 aliphatic carbocycles. The molecule has 0 aliphatic heterocycles. The highest BCUT2D eigenvalue weighted by atomic mass is 16.5. The summed E-state index contributed by atoms with van der Waals surface area (Å²) in [5.74, 6) is -0.504. The number of ether oxygens (including phenoxy) is 1. The van der Waals surface area contributed by atoms with Crippen LogP contribution in [0.25, 0.3) is 0 Å². The number of aromatic nitrogens is 1. The van der Waals surface area contributed by atoms with Crippen LogP contribution in [0.3, 0.4) is 0 Å². The lowest BCUT2D eigenvalue weighted by atomic mass is 10.2. The predicted molar refractivity (Wildman–Crippen MR) is 73.5 cm³/mol. The van der Waals surface area contributed by atoms with Gasteiger partial charge in [0, 0.05) is 18.3 Å². The van der Waals surface area contributed by atoms with Crippen molar-refractivity contribution in [1.29, 1.82) is 0 Å². The summed E-state index contributed by atoms with van der Waals surface area (Å²) in [6.45, 7) is 1.78. The van der Waals surface area contributed by atoms with Gasteiger partial charge >= 0.3 is 5.97 Å². The SMILES string of the molecule is COc1cccc(Cn2cc(C(C)=O)cc2C(=O)O)c1. The van der Waals surface area contributed by atoms with Gasteiger partial charge in [-0.2, -0.15) is 0 Å². The average molecular weight is 273 g/mol. The topological polar surface area (TPSA) is 68.5 Å². The molecule has 0 fully saturated rings. The summed E-state index contributed by atoms with van der Waals surface area (Å²) >= 11 is 0. The largest absolute Gasteiger partial charge is 0.497 e. The Morgan fingerprint density at radius 2 is 2.05 bits per heavy atom. The van der Waals surface area contributed by atoms with Gasteiger partial charge in [-0.05, 0) is 30.7 Å². The fraction of sp³-hybridized carbons (Fsp3) is 0.200. The standard InChI is InChI=1S/C15H15NO4/c1-10(17)12-7-14(15(18)19)16(9-12)8-11-4-3-5-13(6-11)20-2/h3-7,9H,8H2,1-2H3,(H,18,19). The Kier molecular flexibility index (Phi) is 3.89. The van der Waals surface area contributed by atoms with E-state index in [0.717, 1.165) is 5.56 Å². The van der Waals surface area contributed by atoms with Crippen molar-refractivity contribution in [1.82, 2.24) is 4.57 Å². The first-order chi connectivity index (χ1) is 9.51. The second-order valence-corrected chi connectivity index (χ2v) is 4.45. The minimum atomic E-state index is -1.06. The molecule has 104 valence electrons. The third kappa shape index (κ3) is 2.88. The molecule has 20 heavy (non-hydrogen) atoms. The minimum absolute atomic E-state index is 0.0954. The zero-order chi connectivity index (χ0) is 14.7. The smallest absolute Gasteiger partial charge is 0.352 e. The Morgan fingerprint density at radius 1 is 1.30 bits per heavy atom. The lowest BCUT2D eigenvalue weighted by molar-refractivity contribution is 0.0685. The number of benzene rings is 1. The third-order valence-electron chi connectivity index (χ3n) is 3.01. The van der Waals surface area contributed by atoms with Crippen molar-refractivity contribution in [2.45, 2.75) is 13.5 Å². The zero-order valence-corrected chi connectivity index (χ0v) is 11.3. The molecule has 0 saturated carbocycles. The van der Waals surface area contributed by atoms with E-state index in [1.54, 1.807) is 17.9 Å². The van der Waals surface area contributed by atoms with E-state index in [2.05, 4.69) is 0 Å². The van der Waals surface area contributed by atoms with Gasteiger partial charge in [0.05, 0.1) is 7.11 Å². The van der Waals surface area contributed by atoms with Crippen LogP contribution < -0.4 is 4.74 Å². The molecule has 0 aliphatic rings. The van der Waals surface area contributed by atoms with Gasteiger partial charge in [-0.25, -0.2) is 4.79 Å². The molecule has 0 amide bonds. The number of carboxylic acid groups (broad SMARTS) is 1. The first kappa shape index (κ1) is 13.9. The number of aromatic carboxylic acids is 1. The predicted octanol–water partition coefficient (Wildman–Crippen LogP) is 2.45. The lowest BCUT2D eigenvalue weighted by Crippen LogP contribution is -2.08. The fourth-order valence-electron chi connectivity index (χ4n) is 1.98. The average Bonchev–Trinajstić information content (AvgIpc) is 2.83. The number of nitrogens with zero attached hydrogens (tertiary/aromatic N) is 1. The van der Waals surface area contributed by atoms with E-state index in [0.29, 0.717) is 17.9 Å². The molecule has 0 atom stereocenters. The van der Waals surface area contributed by atoms with E-state index in [4.69, 9.17) is 4.74 Å². The van der Waals surface area contributed by atoms with Gasteiger partial charge in [0.2, 0.25) is 0 Å². The second kappa shape index (κ2) is 5.61. The van der Waals surface area contributed by atoms with Crippen molar-refractivity contribution < 1.29 is 19.4 Å². The van der Waals surface area contributed by atoms with Crippen LogP contribution in [0.4, 0.5) is 0 Å². The van der Waals surface area contributed by atoms with E-state index >= 15 is 0 Å². The van der Waals surface area contributed by atoms with Crippen LogP contribution in [0, 0.1) is 0 Å². The van der Waals surface area contributed by atoms with Gasteiger partial charge in [0.1, 0.15) is 11.4 Å². The monoisotopic (exact) mass is 273 g/mol. The van der Waals surface area contributed by atoms with Crippen LogP contribution in [0.1, 0.15) is 33.3 Å². The number of rotatable bonds is 5. The number of methoxy groups -OCH3 is 1. The maximum Gasteiger partial charge on any atom is 0.352 e. The van der Waals surface area contributed by atoms with Crippen molar-refractivity contribution in [2.75, 3.05) is 7.11 Å². The normalized spacial score (nSPS) is 10.3. The highest BCUT2D eigenvalue weighted by Gasteiger charge is 2.14. The van der Waals surface area contributed by atoms with E-state index in [1.807, 2.05) is 24.3 Å². The van der Waals surface area contributed by atoms with Gasteiger partial charge < -0.3 is 14.4 Å². The van der Waals surface area contributed by atoms with Crippen LogP contribution in [0.5, 0.6) is 5.75 Å². The van der Waals surface area contributed by atoms with Gasteiger partial charge in [-0.1, -0.05) is 12.1 Å². The van der Waals surface area contributed by atoms with Crippen LogP contribution >= 0.6 is 0 Å². The first-order valence-electron chi connectivity index (χ1n) is 6.08. The molecule has 2 rings (SSSR count). The number of ketones is 1. The minimum Gasteiger partial charge on any atom is -0.497 e. The summed E-state index contributed by atoms with van der Waals surface area (Å²) in [4.78, 5) is 22.6. The summed E-state index contributed by atoms with van der Waals surface area (Å²) < 4.78 is 6.68. The van der Waals surface area contributed by atoms with Crippen LogP contribution in [0.2, 0.25) is 0 Å². The molecule has 0 bridgehead atoms. The highest BCUT2D eigenvalue weighted by Crippen LogP contribution is 2.16. The Hall–Kier alpha value is -2.56. The molecule has 0 spiro atoms. The number of hydrogen-bond acceptors (Lipinski definition) is 3. The molecule has 1 heterocycles. The van der Waals surface area contributed by atoms with Crippen molar-refractivity contribution in [3.05, 3.63) is 53.3 Å². The Bertz CT molecular complexity index is 658. The maximum absolute atomic E-state index is 11.4. The summed E-state index contributed by atoms with van der Waals surface area (Å²) in [6.07, 6.45) is 1.56. The molecule has 1 N–H and O–H groups in total. The van der Waals surface area contributed by atoms with E-state index in [9.17, 15) is 14.7 Å². The molecule has 5 nitrogen and oxygen atoms in total. The summed E-state index contributed by atoms with van der Waals surface area (Å²) in [5.41, 5.74) is 1.39. The summed E-state index contributed by atoms with van der Waals surface area (Å²) in [7, 11) is 1.57. The van der Waals surface area contributed by atoms with Gasteiger partial charge in [-0.3, -0.25) is 4.79 Å². The van der Waals surface area contributed by atoms with Gasteiger partial charge in [0.15, 0.2) is 5.78 Å². The number of carbonyl (C=O) groups is 2. The van der Waals surface area contributed by atoms with E-state index < -0.39 is 5.97 Å². The van der Waals surface area contributed by atoms with E-state index in [1.165, 1.54) is 13.0 Å². The number of Topliss-reactive ketones (excluding diaryl/α,β-unsaturated/α-hetero) is 1. The van der Waals surface area contributed by atoms with Crippen molar-refractivity contribution in [3.8, 4) is 5.75 Å². The molecule has 1 aromatic carbocycles. The summed E-state index contributed by atoms with van der Waals surface area (Å²) in [5, 5.41) is 9.18. The lowest BCUT2D eigenvalue weighted by Gasteiger charge is -2.08. The van der Waals surface area contributed by atoms with E-state index in [-0.39, 0.29) is 11.5 Å². The molecular weight excluding hydrogens is 258 g/mol. The maximum atomic E-state index is 11.4. The van der Waals surface area contributed by atoms with Crippen LogP contribution in [-0.4, -0.2) is 28.5 Å². The van der Waals surface area contributed by atoms with Crippen LogP contribution in [-0.2, 0) is 6.54 Å². The highest BCUT2D eigenvalue weighted by molar-refractivity contribution is 5.97. The quantitative estimate of drug-likeness (QED) is 0.849. The van der Waals surface area contributed by atoms with Crippen molar-refractivity contribution in [2.24, 2.45) is 0 Å².